The molecule has 0 saturated heterocycles. The monoisotopic (exact) mass is 344 g/mol. The number of rotatable bonds is 7. The first-order valence-corrected chi connectivity index (χ1v) is 8.28. The number of carbonyl (C=O) groups is 2. The van der Waals surface area contributed by atoms with Crippen molar-refractivity contribution in [1.29, 1.82) is 0 Å². The molecule has 2 N–H and O–H groups in total. The van der Waals surface area contributed by atoms with Gasteiger partial charge in [-0.1, -0.05) is 47.5 Å². The Morgan fingerprint density at radius 1 is 1.00 bits per heavy atom. The largest absolute Gasteiger partial charge is 0.354 e. The van der Waals surface area contributed by atoms with Gasteiger partial charge in [-0.15, -0.1) is 0 Å². The molecular formula is C19H21ClN2O2. The summed E-state index contributed by atoms with van der Waals surface area (Å²) in [4.78, 5) is 23.7. The first-order valence-electron chi connectivity index (χ1n) is 7.90. The van der Waals surface area contributed by atoms with Gasteiger partial charge in [-0.25, -0.2) is 0 Å². The molecule has 0 aliphatic heterocycles. The number of halogens is 1. The lowest BCUT2D eigenvalue weighted by Gasteiger charge is -2.08. The van der Waals surface area contributed by atoms with Crippen LogP contribution in [0.25, 0.3) is 0 Å². The molecule has 0 radical (unpaired) electrons. The van der Waals surface area contributed by atoms with E-state index in [1.807, 2.05) is 31.2 Å². The fourth-order valence-electron chi connectivity index (χ4n) is 2.21. The topological polar surface area (TPSA) is 58.2 Å². The van der Waals surface area contributed by atoms with Gasteiger partial charge in [0.15, 0.2) is 0 Å². The number of amides is 2. The zero-order valence-corrected chi connectivity index (χ0v) is 14.4. The van der Waals surface area contributed by atoms with Crippen LogP contribution in [0.2, 0.25) is 5.02 Å². The molecule has 0 fully saturated rings. The number of aryl methyl sites for hydroxylation is 2. The molecule has 0 saturated carbocycles. The van der Waals surface area contributed by atoms with Crippen molar-refractivity contribution < 1.29 is 9.59 Å². The van der Waals surface area contributed by atoms with Crippen molar-refractivity contribution in [3.05, 3.63) is 70.2 Å². The van der Waals surface area contributed by atoms with Crippen LogP contribution >= 0.6 is 11.6 Å². The molecular weight excluding hydrogens is 324 g/mol. The van der Waals surface area contributed by atoms with E-state index in [9.17, 15) is 9.59 Å². The maximum atomic E-state index is 11.9. The summed E-state index contributed by atoms with van der Waals surface area (Å²) in [6.45, 7) is 2.81. The minimum atomic E-state index is -0.202. The van der Waals surface area contributed by atoms with Crippen LogP contribution in [0.1, 0.15) is 27.9 Å². The van der Waals surface area contributed by atoms with Crippen LogP contribution in [0.15, 0.2) is 48.5 Å². The molecule has 0 aliphatic rings. The lowest BCUT2D eigenvalue weighted by atomic mass is 10.1. The molecule has 5 heteroatoms. The minimum absolute atomic E-state index is 0.0208. The van der Waals surface area contributed by atoms with Crippen LogP contribution in [0.5, 0.6) is 0 Å². The smallest absolute Gasteiger partial charge is 0.251 e. The van der Waals surface area contributed by atoms with E-state index in [1.54, 1.807) is 24.3 Å². The summed E-state index contributed by atoms with van der Waals surface area (Å²) >= 11 is 5.85. The lowest BCUT2D eigenvalue weighted by Crippen LogP contribution is -2.34. The normalized spacial score (nSPS) is 10.2. The highest BCUT2D eigenvalue weighted by Crippen LogP contribution is 2.10. The standard InChI is InChI=1S/C19H21ClN2O2/c1-14-5-7-15(8-6-14)9-10-18(23)21-11-12-22-19(24)16-3-2-4-17(20)13-16/h2-8,13H,9-12H2,1H3,(H,21,23)(H,22,24). The summed E-state index contributed by atoms with van der Waals surface area (Å²) in [5.74, 6) is -0.223. The Kier molecular flexibility index (Phi) is 6.82. The molecule has 24 heavy (non-hydrogen) atoms. The Morgan fingerprint density at radius 3 is 2.42 bits per heavy atom. The molecule has 2 aromatic rings. The maximum Gasteiger partial charge on any atom is 0.251 e. The van der Waals surface area contributed by atoms with Crippen LogP contribution < -0.4 is 10.6 Å². The third-order valence-corrected chi connectivity index (χ3v) is 3.82. The van der Waals surface area contributed by atoms with Crippen molar-refractivity contribution in [2.24, 2.45) is 0 Å². The summed E-state index contributed by atoms with van der Waals surface area (Å²) in [6, 6.07) is 14.9. The van der Waals surface area contributed by atoms with Crippen molar-refractivity contribution >= 4 is 23.4 Å². The number of hydrogen-bond donors (Lipinski definition) is 2. The first-order chi connectivity index (χ1) is 11.5. The van der Waals surface area contributed by atoms with E-state index in [0.29, 0.717) is 36.5 Å². The van der Waals surface area contributed by atoms with Gasteiger partial charge >= 0.3 is 0 Å². The van der Waals surface area contributed by atoms with Crippen molar-refractivity contribution in [2.75, 3.05) is 13.1 Å². The molecule has 126 valence electrons. The molecule has 0 atom stereocenters. The molecule has 0 unspecified atom stereocenters. The van der Waals surface area contributed by atoms with E-state index < -0.39 is 0 Å². The predicted molar refractivity (Wildman–Crippen MR) is 96.3 cm³/mol. The van der Waals surface area contributed by atoms with Gasteiger partial charge in [0.2, 0.25) is 5.91 Å². The Morgan fingerprint density at radius 2 is 1.71 bits per heavy atom. The Hall–Kier alpha value is -2.33. The molecule has 2 aromatic carbocycles. The second kappa shape index (κ2) is 9.08. The minimum Gasteiger partial charge on any atom is -0.354 e. The first kappa shape index (κ1) is 18.0. The Bertz CT molecular complexity index is 699. The summed E-state index contributed by atoms with van der Waals surface area (Å²) < 4.78 is 0. The third-order valence-electron chi connectivity index (χ3n) is 3.58. The fraction of sp³-hybridized carbons (Fsp3) is 0.263. The van der Waals surface area contributed by atoms with Crippen molar-refractivity contribution in [3.63, 3.8) is 0 Å². The van der Waals surface area contributed by atoms with E-state index >= 15 is 0 Å². The number of benzene rings is 2. The van der Waals surface area contributed by atoms with Crippen LogP contribution in [0.4, 0.5) is 0 Å². The molecule has 0 bridgehead atoms. The second-order valence-electron chi connectivity index (χ2n) is 5.60. The summed E-state index contributed by atoms with van der Waals surface area (Å²) in [7, 11) is 0. The summed E-state index contributed by atoms with van der Waals surface area (Å²) in [6.07, 6.45) is 1.15. The molecule has 0 heterocycles. The molecule has 0 aromatic heterocycles. The Labute approximate surface area is 147 Å². The number of carbonyl (C=O) groups excluding carboxylic acids is 2. The highest BCUT2D eigenvalue weighted by Gasteiger charge is 2.06. The van der Waals surface area contributed by atoms with Gasteiger partial charge < -0.3 is 10.6 Å². The second-order valence-corrected chi connectivity index (χ2v) is 6.04. The van der Waals surface area contributed by atoms with E-state index in [0.717, 1.165) is 5.56 Å². The van der Waals surface area contributed by atoms with Crippen molar-refractivity contribution in [2.45, 2.75) is 19.8 Å². The van der Waals surface area contributed by atoms with E-state index in [4.69, 9.17) is 11.6 Å². The van der Waals surface area contributed by atoms with Crippen LogP contribution in [0, 0.1) is 6.92 Å². The highest BCUT2D eigenvalue weighted by molar-refractivity contribution is 6.30. The third kappa shape index (κ3) is 6.05. The number of nitrogens with one attached hydrogen (secondary N) is 2. The quantitative estimate of drug-likeness (QED) is 0.758. The Balaban J connectivity index is 1.64. The zero-order valence-electron chi connectivity index (χ0n) is 13.6. The van der Waals surface area contributed by atoms with Crippen molar-refractivity contribution in [3.8, 4) is 0 Å². The summed E-state index contributed by atoms with van der Waals surface area (Å²) in [5, 5.41) is 6.07. The average molecular weight is 345 g/mol. The van der Waals surface area contributed by atoms with E-state index in [2.05, 4.69) is 10.6 Å². The van der Waals surface area contributed by atoms with Gasteiger partial charge in [0.05, 0.1) is 0 Å². The molecule has 2 rings (SSSR count). The molecule has 0 aliphatic carbocycles. The van der Waals surface area contributed by atoms with E-state index in [1.165, 1.54) is 5.56 Å². The fourth-order valence-corrected chi connectivity index (χ4v) is 2.40. The van der Waals surface area contributed by atoms with Crippen LogP contribution in [-0.4, -0.2) is 24.9 Å². The SMILES string of the molecule is Cc1ccc(CCC(=O)NCCNC(=O)c2cccc(Cl)c2)cc1. The molecule has 4 nitrogen and oxygen atoms in total. The molecule has 2 amide bonds. The van der Waals surface area contributed by atoms with Gasteiger partial charge in [0, 0.05) is 30.1 Å². The van der Waals surface area contributed by atoms with Crippen LogP contribution in [0.3, 0.4) is 0 Å². The van der Waals surface area contributed by atoms with Crippen LogP contribution in [-0.2, 0) is 11.2 Å². The van der Waals surface area contributed by atoms with Gasteiger partial charge in [0.1, 0.15) is 0 Å². The number of hydrogen-bond acceptors (Lipinski definition) is 2. The average Bonchev–Trinajstić information content (AvgIpc) is 2.58. The molecule has 0 spiro atoms. The van der Waals surface area contributed by atoms with Gasteiger partial charge in [-0.3, -0.25) is 9.59 Å². The summed E-state index contributed by atoms with van der Waals surface area (Å²) in [5.41, 5.74) is 2.86. The van der Waals surface area contributed by atoms with Crippen molar-refractivity contribution in [1.82, 2.24) is 10.6 Å². The maximum absolute atomic E-state index is 11.9. The van der Waals surface area contributed by atoms with Gasteiger partial charge in [-0.2, -0.15) is 0 Å². The van der Waals surface area contributed by atoms with E-state index in [-0.39, 0.29) is 11.8 Å². The van der Waals surface area contributed by atoms with Gasteiger partial charge in [-0.05, 0) is 37.1 Å². The predicted octanol–water partition coefficient (Wildman–Crippen LogP) is 3.13. The zero-order chi connectivity index (χ0) is 17.4. The van der Waals surface area contributed by atoms with Gasteiger partial charge in [0.25, 0.3) is 5.91 Å². The lowest BCUT2D eigenvalue weighted by molar-refractivity contribution is -0.121. The highest BCUT2D eigenvalue weighted by atomic mass is 35.5.